The summed E-state index contributed by atoms with van der Waals surface area (Å²) in [5, 5.41) is 2.81. The number of halogens is 2. The summed E-state index contributed by atoms with van der Waals surface area (Å²) in [5.41, 5.74) is 2.69. The van der Waals surface area contributed by atoms with Crippen LogP contribution in [0.5, 0.6) is 0 Å². The Labute approximate surface area is 199 Å². The van der Waals surface area contributed by atoms with Gasteiger partial charge in [0.05, 0.1) is 5.52 Å². The van der Waals surface area contributed by atoms with Gasteiger partial charge in [0.15, 0.2) is 5.82 Å². The van der Waals surface area contributed by atoms with Crippen LogP contribution in [0.25, 0.3) is 22.1 Å². The Morgan fingerprint density at radius 1 is 1.14 bits per heavy atom. The quantitative estimate of drug-likeness (QED) is 0.432. The molecule has 4 aromatic rings. The number of benzene rings is 1. The lowest BCUT2D eigenvalue weighted by Gasteiger charge is -2.27. The number of hydrogen-bond acceptors (Lipinski definition) is 4. The maximum atomic E-state index is 15.3. The van der Waals surface area contributed by atoms with Crippen molar-refractivity contribution in [1.29, 1.82) is 0 Å². The van der Waals surface area contributed by atoms with Crippen molar-refractivity contribution in [2.75, 3.05) is 13.1 Å². The summed E-state index contributed by atoms with van der Waals surface area (Å²) in [6, 6.07) is 10.3. The zero-order valence-corrected chi connectivity index (χ0v) is 18.9. The Morgan fingerprint density at radius 2 is 2.00 bits per heavy atom. The second-order valence-corrected chi connectivity index (χ2v) is 9.15. The van der Waals surface area contributed by atoms with Gasteiger partial charge in [-0.3, -0.25) is 14.5 Å². The SMILES string of the molecule is O=C(NC1CC1)c1ccc(C2=CCN(Cc3ccc4c([nH]c(=O)c5cccn54)c3F)CC2)c(F)n1. The number of rotatable bonds is 5. The minimum absolute atomic E-state index is 0.0817. The molecule has 4 heterocycles. The topological polar surface area (TPSA) is 82.5 Å². The molecule has 1 aromatic carbocycles. The van der Waals surface area contributed by atoms with E-state index >= 15 is 4.39 Å². The monoisotopic (exact) mass is 475 g/mol. The van der Waals surface area contributed by atoms with E-state index in [1.807, 2.05) is 12.1 Å². The maximum Gasteiger partial charge on any atom is 0.272 e. The van der Waals surface area contributed by atoms with Crippen LogP contribution in [-0.2, 0) is 6.54 Å². The third kappa shape index (κ3) is 4.01. The molecule has 0 bridgehead atoms. The molecule has 1 amide bonds. The van der Waals surface area contributed by atoms with Crippen molar-refractivity contribution in [1.82, 2.24) is 24.6 Å². The lowest BCUT2D eigenvalue weighted by atomic mass is 10.00. The fraction of sp³-hybridized carbons (Fsp3) is 0.269. The molecule has 2 N–H and O–H groups in total. The average molecular weight is 475 g/mol. The normalized spacial score (nSPS) is 16.6. The van der Waals surface area contributed by atoms with Crippen LogP contribution in [-0.4, -0.2) is 44.3 Å². The molecule has 7 nitrogen and oxygen atoms in total. The first kappa shape index (κ1) is 21.7. The van der Waals surface area contributed by atoms with E-state index in [1.54, 1.807) is 40.9 Å². The minimum Gasteiger partial charge on any atom is -0.348 e. The number of nitrogens with one attached hydrogen (secondary N) is 2. The van der Waals surface area contributed by atoms with E-state index in [1.165, 1.54) is 0 Å². The van der Waals surface area contributed by atoms with Crippen molar-refractivity contribution in [3.05, 3.63) is 87.6 Å². The molecule has 1 fully saturated rings. The zero-order chi connectivity index (χ0) is 24.1. The van der Waals surface area contributed by atoms with Crippen molar-refractivity contribution >= 4 is 28.0 Å². The predicted octanol–water partition coefficient (Wildman–Crippen LogP) is 3.64. The fourth-order valence-electron chi connectivity index (χ4n) is 4.63. The van der Waals surface area contributed by atoms with E-state index in [2.05, 4.69) is 20.2 Å². The Hall–Kier alpha value is -3.85. The number of carbonyl (C=O) groups is 1. The summed E-state index contributed by atoms with van der Waals surface area (Å²) < 4.78 is 31.7. The summed E-state index contributed by atoms with van der Waals surface area (Å²) in [6.45, 7) is 1.49. The molecule has 1 aliphatic carbocycles. The van der Waals surface area contributed by atoms with Crippen LogP contribution in [0.1, 0.15) is 40.9 Å². The summed E-state index contributed by atoms with van der Waals surface area (Å²) in [6.07, 6.45) is 6.13. The fourth-order valence-corrected chi connectivity index (χ4v) is 4.63. The minimum atomic E-state index is -0.658. The van der Waals surface area contributed by atoms with Crippen LogP contribution in [0.15, 0.2) is 53.5 Å². The third-order valence-corrected chi connectivity index (χ3v) is 6.71. The van der Waals surface area contributed by atoms with Gasteiger partial charge < -0.3 is 14.7 Å². The van der Waals surface area contributed by atoms with Crippen molar-refractivity contribution in [2.24, 2.45) is 0 Å². The number of fused-ring (bicyclic) bond motifs is 3. The molecule has 9 heteroatoms. The van der Waals surface area contributed by atoms with E-state index in [9.17, 15) is 14.0 Å². The molecule has 1 aliphatic heterocycles. The number of H-pyrrole nitrogens is 1. The number of carbonyl (C=O) groups excluding carboxylic acids is 1. The van der Waals surface area contributed by atoms with Gasteiger partial charge in [-0.15, -0.1) is 0 Å². The van der Waals surface area contributed by atoms with Gasteiger partial charge in [-0.2, -0.15) is 4.39 Å². The summed E-state index contributed by atoms with van der Waals surface area (Å²) in [7, 11) is 0. The van der Waals surface area contributed by atoms with Crippen LogP contribution in [0.4, 0.5) is 8.78 Å². The van der Waals surface area contributed by atoms with Crippen LogP contribution >= 0.6 is 0 Å². The lowest BCUT2D eigenvalue weighted by Crippen LogP contribution is -2.29. The first-order valence-corrected chi connectivity index (χ1v) is 11.7. The van der Waals surface area contributed by atoms with Gasteiger partial charge in [0.1, 0.15) is 16.7 Å². The van der Waals surface area contributed by atoms with Gasteiger partial charge in [-0.05, 0) is 55.2 Å². The number of nitrogens with zero attached hydrogens (tertiary/aromatic N) is 3. The molecule has 6 rings (SSSR count). The number of hydrogen-bond donors (Lipinski definition) is 2. The van der Waals surface area contributed by atoms with Crippen molar-refractivity contribution < 1.29 is 13.6 Å². The number of aromatic amines is 1. The molecular weight excluding hydrogens is 452 g/mol. The zero-order valence-electron chi connectivity index (χ0n) is 18.9. The van der Waals surface area contributed by atoms with Crippen LogP contribution in [0.3, 0.4) is 0 Å². The Bertz CT molecular complexity index is 1570. The second kappa shape index (κ2) is 8.42. The molecule has 0 radical (unpaired) electrons. The van der Waals surface area contributed by atoms with Crippen LogP contribution in [0, 0.1) is 11.8 Å². The van der Waals surface area contributed by atoms with Gasteiger partial charge in [-0.1, -0.05) is 12.1 Å². The molecule has 2 aliphatic rings. The van der Waals surface area contributed by atoms with E-state index in [0.29, 0.717) is 48.2 Å². The van der Waals surface area contributed by atoms with E-state index in [-0.39, 0.29) is 28.7 Å². The van der Waals surface area contributed by atoms with Gasteiger partial charge in [0.2, 0.25) is 5.95 Å². The Morgan fingerprint density at radius 3 is 2.74 bits per heavy atom. The van der Waals surface area contributed by atoms with Crippen molar-refractivity contribution in [2.45, 2.75) is 31.8 Å². The number of pyridine rings is 1. The molecule has 3 aromatic heterocycles. The highest BCUT2D eigenvalue weighted by Gasteiger charge is 2.25. The summed E-state index contributed by atoms with van der Waals surface area (Å²) in [5.74, 6) is -1.45. The molecule has 0 spiro atoms. The Kier molecular flexibility index (Phi) is 5.21. The van der Waals surface area contributed by atoms with Gasteiger partial charge in [-0.25, -0.2) is 9.37 Å². The van der Waals surface area contributed by atoms with Crippen LogP contribution in [0.2, 0.25) is 0 Å². The van der Waals surface area contributed by atoms with E-state index in [0.717, 1.165) is 18.4 Å². The van der Waals surface area contributed by atoms with Gasteiger partial charge in [0.25, 0.3) is 11.5 Å². The number of amides is 1. The summed E-state index contributed by atoms with van der Waals surface area (Å²) in [4.78, 5) is 33.0. The standard InChI is InChI=1S/C26H23F2N5O2/c27-22-16(3-8-20-23(22)31-26(35)21-2-1-11-33(20)21)14-32-12-9-15(10-13-32)18-6-7-19(30-24(18)28)25(34)29-17-4-5-17/h1-3,6-9,11,17H,4-5,10,12-14H2,(H,29,34)(H,31,35). The highest BCUT2D eigenvalue weighted by molar-refractivity contribution is 5.93. The van der Waals surface area contributed by atoms with Crippen molar-refractivity contribution in [3.63, 3.8) is 0 Å². The molecule has 0 unspecified atom stereocenters. The highest BCUT2D eigenvalue weighted by Crippen LogP contribution is 2.27. The van der Waals surface area contributed by atoms with Crippen molar-refractivity contribution in [3.8, 4) is 0 Å². The second-order valence-electron chi connectivity index (χ2n) is 9.15. The van der Waals surface area contributed by atoms with Gasteiger partial charge in [0, 0.05) is 43.0 Å². The lowest BCUT2D eigenvalue weighted by molar-refractivity contribution is 0.0945. The third-order valence-electron chi connectivity index (χ3n) is 6.71. The predicted molar refractivity (Wildman–Crippen MR) is 128 cm³/mol. The van der Waals surface area contributed by atoms with E-state index < -0.39 is 11.8 Å². The van der Waals surface area contributed by atoms with E-state index in [4.69, 9.17) is 0 Å². The molecule has 178 valence electrons. The highest BCUT2D eigenvalue weighted by atomic mass is 19.1. The maximum absolute atomic E-state index is 15.3. The molecule has 0 atom stereocenters. The smallest absolute Gasteiger partial charge is 0.272 e. The molecule has 1 saturated carbocycles. The molecule has 0 saturated heterocycles. The summed E-state index contributed by atoms with van der Waals surface area (Å²) >= 11 is 0. The van der Waals surface area contributed by atoms with Gasteiger partial charge >= 0.3 is 0 Å². The molecular formula is C26H23F2N5O2. The number of aromatic nitrogens is 3. The average Bonchev–Trinajstić information content (AvgIpc) is 3.52. The Balaban J connectivity index is 1.19. The first-order chi connectivity index (χ1) is 17.0. The van der Waals surface area contributed by atoms with Crippen LogP contribution < -0.4 is 10.9 Å². The molecule has 35 heavy (non-hydrogen) atoms. The largest absolute Gasteiger partial charge is 0.348 e. The first-order valence-electron chi connectivity index (χ1n) is 11.7.